The Balaban J connectivity index is 0.000000230. The summed E-state index contributed by atoms with van der Waals surface area (Å²) >= 11 is 12.1. The highest BCUT2D eigenvalue weighted by atomic mass is 35.5. The predicted octanol–water partition coefficient (Wildman–Crippen LogP) is 5.79. The number of aryl methyl sites for hydroxylation is 2. The van der Waals surface area contributed by atoms with Crippen LogP contribution in [0.5, 0.6) is 0 Å². The molecule has 0 aliphatic carbocycles. The van der Waals surface area contributed by atoms with Crippen molar-refractivity contribution in [1.29, 1.82) is 0 Å². The van der Waals surface area contributed by atoms with E-state index in [2.05, 4.69) is 41.2 Å². The van der Waals surface area contributed by atoms with Crippen molar-refractivity contribution in [3.8, 4) is 0 Å². The van der Waals surface area contributed by atoms with Crippen molar-refractivity contribution in [1.82, 2.24) is 51.0 Å². The maximum atomic E-state index is 12.8. The molecule has 0 saturated carbocycles. The van der Waals surface area contributed by atoms with Crippen LogP contribution in [-0.2, 0) is 30.7 Å². The maximum Gasteiger partial charge on any atom is 0.410 e. The molecule has 4 heterocycles. The summed E-state index contributed by atoms with van der Waals surface area (Å²) in [5.41, 5.74) is 3.09. The first-order chi connectivity index (χ1) is 28.6. The van der Waals surface area contributed by atoms with Crippen molar-refractivity contribution >= 4 is 47.2 Å². The van der Waals surface area contributed by atoms with Crippen LogP contribution in [0.1, 0.15) is 91.2 Å². The zero-order valence-corrected chi connectivity index (χ0v) is 36.2. The SMILES string of the molecule is CCc1[nH]c(C(=O)NC2CCN(C(=O)O)CC2NCc2ccccc2)nc1Cl.CCc1[nH]c(C(=O)NC2CCN(C(=O)OC(C)(C)C)CC2NCc2ccccc2)nc1Cl. The molecule has 324 valence electrons. The lowest BCUT2D eigenvalue weighted by Crippen LogP contribution is -2.60. The fourth-order valence-corrected chi connectivity index (χ4v) is 7.48. The first-order valence-corrected chi connectivity index (χ1v) is 21.0. The lowest BCUT2D eigenvalue weighted by atomic mass is 9.98. The zero-order valence-electron chi connectivity index (χ0n) is 34.7. The van der Waals surface area contributed by atoms with Crippen LogP contribution < -0.4 is 21.3 Å². The minimum Gasteiger partial charge on any atom is -0.465 e. The summed E-state index contributed by atoms with van der Waals surface area (Å²) < 4.78 is 5.54. The number of rotatable bonds is 12. The van der Waals surface area contributed by atoms with Gasteiger partial charge in [0.05, 0.1) is 11.4 Å². The van der Waals surface area contributed by atoms with Gasteiger partial charge in [-0.1, -0.05) is 97.7 Å². The number of imidazole rings is 2. The third-order valence-corrected chi connectivity index (χ3v) is 10.8. The Hall–Kier alpha value is -5.16. The van der Waals surface area contributed by atoms with Gasteiger partial charge in [0.1, 0.15) is 5.60 Å². The minimum absolute atomic E-state index is 0.156. The third kappa shape index (κ3) is 13.2. The van der Waals surface area contributed by atoms with Gasteiger partial charge in [-0.2, -0.15) is 0 Å². The van der Waals surface area contributed by atoms with Gasteiger partial charge in [-0.05, 0) is 57.6 Å². The summed E-state index contributed by atoms with van der Waals surface area (Å²) in [6, 6.07) is 19.1. The number of benzene rings is 2. The Morgan fingerprint density at radius 3 is 1.52 bits per heavy atom. The number of amides is 4. The Morgan fingerprint density at radius 2 is 1.13 bits per heavy atom. The summed E-state index contributed by atoms with van der Waals surface area (Å²) in [5, 5.41) is 22.9. The molecule has 7 N–H and O–H groups in total. The first-order valence-electron chi connectivity index (χ1n) is 20.2. The zero-order chi connectivity index (χ0) is 43.4. The van der Waals surface area contributed by atoms with Crippen molar-refractivity contribution in [3.05, 3.63) is 105 Å². The topological polar surface area (TPSA) is 210 Å². The maximum absolute atomic E-state index is 12.8. The molecular weight excluding hydrogens is 811 g/mol. The number of halogens is 2. The quantitative estimate of drug-likeness (QED) is 0.0912. The summed E-state index contributed by atoms with van der Waals surface area (Å²) in [7, 11) is 0. The average molecular weight is 868 g/mol. The van der Waals surface area contributed by atoms with Crippen LogP contribution in [-0.4, -0.2) is 115 Å². The Labute approximate surface area is 360 Å². The van der Waals surface area contributed by atoms with Crippen LogP contribution in [0.25, 0.3) is 0 Å². The summed E-state index contributed by atoms with van der Waals surface area (Å²) in [6.07, 6.45) is 1.11. The summed E-state index contributed by atoms with van der Waals surface area (Å²) in [6.45, 7) is 12.2. The summed E-state index contributed by atoms with van der Waals surface area (Å²) in [4.78, 5) is 66.6. The van der Waals surface area contributed by atoms with E-state index in [1.54, 1.807) is 4.90 Å². The number of piperidine rings is 2. The van der Waals surface area contributed by atoms with Gasteiger partial charge in [0.15, 0.2) is 22.0 Å². The Morgan fingerprint density at radius 1 is 0.717 bits per heavy atom. The van der Waals surface area contributed by atoms with E-state index in [1.165, 1.54) is 4.90 Å². The highest BCUT2D eigenvalue weighted by molar-refractivity contribution is 6.30. The van der Waals surface area contributed by atoms with Crippen LogP contribution in [0.4, 0.5) is 9.59 Å². The molecule has 4 atom stereocenters. The highest BCUT2D eigenvalue weighted by Gasteiger charge is 2.35. The van der Waals surface area contributed by atoms with Gasteiger partial charge < -0.3 is 50.9 Å². The molecule has 0 spiro atoms. The fraction of sp³-hybridized carbons (Fsp3) is 0.476. The molecule has 18 heteroatoms. The van der Waals surface area contributed by atoms with Gasteiger partial charge >= 0.3 is 12.2 Å². The van der Waals surface area contributed by atoms with Crippen LogP contribution in [0.3, 0.4) is 0 Å². The predicted molar refractivity (Wildman–Crippen MR) is 229 cm³/mol. The van der Waals surface area contributed by atoms with Crippen molar-refractivity contribution < 1.29 is 29.0 Å². The van der Waals surface area contributed by atoms with E-state index in [0.29, 0.717) is 81.0 Å². The first kappa shape index (κ1) is 45.9. The number of nitrogens with zero attached hydrogens (tertiary/aromatic N) is 4. The molecule has 60 heavy (non-hydrogen) atoms. The van der Waals surface area contributed by atoms with Gasteiger partial charge in [0, 0.05) is 63.4 Å². The van der Waals surface area contributed by atoms with Gasteiger partial charge in [-0.25, -0.2) is 19.6 Å². The number of H-pyrrole nitrogens is 2. The van der Waals surface area contributed by atoms with E-state index < -0.39 is 11.7 Å². The second kappa shape index (κ2) is 21.4. The number of nitrogens with one attached hydrogen (secondary N) is 6. The molecule has 0 radical (unpaired) electrons. The van der Waals surface area contributed by atoms with Gasteiger partial charge in [0.2, 0.25) is 0 Å². The van der Waals surface area contributed by atoms with Crippen molar-refractivity contribution in [3.63, 3.8) is 0 Å². The fourth-order valence-electron chi connectivity index (χ4n) is 6.95. The van der Waals surface area contributed by atoms with Crippen LogP contribution in [0, 0.1) is 0 Å². The molecule has 4 amide bonds. The smallest absolute Gasteiger partial charge is 0.410 e. The molecule has 4 unspecified atom stereocenters. The van der Waals surface area contributed by atoms with Gasteiger partial charge in [0.25, 0.3) is 11.8 Å². The number of likely N-dealkylation sites (tertiary alicyclic amines) is 2. The number of ether oxygens (including phenoxy) is 1. The number of hydrogen-bond acceptors (Lipinski definition) is 9. The lowest BCUT2D eigenvalue weighted by molar-refractivity contribution is 0.0162. The molecule has 6 rings (SSSR count). The largest absolute Gasteiger partial charge is 0.465 e. The molecule has 2 saturated heterocycles. The van der Waals surface area contributed by atoms with E-state index in [4.69, 9.17) is 27.9 Å². The Bertz CT molecular complexity index is 2040. The molecule has 2 fully saturated rings. The molecule has 2 aliphatic rings. The van der Waals surface area contributed by atoms with Crippen LogP contribution in [0.15, 0.2) is 60.7 Å². The summed E-state index contributed by atoms with van der Waals surface area (Å²) in [5.74, 6) is -0.289. The number of carboxylic acid groups (broad SMARTS) is 1. The average Bonchev–Trinajstić information content (AvgIpc) is 3.81. The standard InChI is InChI=1S/C23H32ClN5O3.C19H24ClN5O3/c1-5-16-19(24)28-20(26-16)21(30)27-17-11-12-29(22(31)32-23(2,3)4)14-18(17)25-13-15-9-7-6-8-10-15;1-2-13-16(20)24-17(22-13)18(26)23-14-8-9-25(19(27)28)11-15(14)21-10-12-6-4-3-5-7-12/h6-10,17-18,25H,5,11-14H2,1-4H3,(H,26,28)(H,27,30);3-7,14-15,21H,2,8-11H2,1H3,(H,22,24)(H,23,26)(H,27,28). The van der Waals surface area contributed by atoms with Gasteiger partial charge in [-0.3, -0.25) is 9.59 Å². The molecule has 2 aromatic heterocycles. The third-order valence-electron chi connectivity index (χ3n) is 10.2. The van der Waals surface area contributed by atoms with Crippen molar-refractivity contribution in [2.45, 2.75) is 103 Å². The minimum atomic E-state index is -0.957. The lowest BCUT2D eigenvalue weighted by Gasteiger charge is -2.39. The highest BCUT2D eigenvalue weighted by Crippen LogP contribution is 2.19. The number of carbonyl (C=O) groups excluding carboxylic acids is 3. The number of hydrogen-bond donors (Lipinski definition) is 7. The second-order valence-electron chi connectivity index (χ2n) is 15.8. The molecule has 4 aromatic rings. The number of aromatic nitrogens is 4. The normalized spacial score (nSPS) is 19.2. The van der Waals surface area contributed by atoms with E-state index in [9.17, 15) is 24.3 Å². The molecular formula is C42H56Cl2N10O6. The van der Waals surface area contributed by atoms with Crippen molar-refractivity contribution in [2.24, 2.45) is 0 Å². The Kier molecular flexibility index (Phi) is 16.4. The molecule has 0 bridgehead atoms. The van der Waals surface area contributed by atoms with Crippen molar-refractivity contribution in [2.75, 3.05) is 26.2 Å². The molecule has 2 aliphatic heterocycles. The van der Waals surface area contributed by atoms with Crippen LogP contribution >= 0.6 is 23.2 Å². The van der Waals surface area contributed by atoms with E-state index >= 15 is 0 Å². The number of carbonyl (C=O) groups is 4. The number of aromatic amines is 2. The second-order valence-corrected chi connectivity index (χ2v) is 16.5. The van der Waals surface area contributed by atoms with Gasteiger partial charge in [-0.15, -0.1) is 0 Å². The molecule has 2 aromatic carbocycles. The molecule has 16 nitrogen and oxygen atoms in total. The van der Waals surface area contributed by atoms with Crippen LogP contribution in [0.2, 0.25) is 10.3 Å². The van der Waals surface area contributed by atoms with E-state index in [0.717, 1.165) is 16.8 Å². The monoisotopic (exact) mass is 866 g/mol. The van der Waals surface area contributed by atoms with E-state index in [-0.39, 0.29) is 53.7 Å². The van der Waals surface area contributed by atoms with E-state index in [1.807, 2.05) is 95.3 Å².